The molecule has 94 valence electrons. The van der Waals surface area contributed by atoms with E-state index in [0.29, 0.717) is 0 Å². The Morgan fingerprint density at radius 2 is 2.29 bits per heavy atom. The molecular weight excluding hydrogens is 216 g/mol. The van der Waals surface area contributed by atoms with Crippen molar-refractivity contribution < 1.29 is 9.90 Å². The summed E-state index contributed by atoms with van der Waals surface area (Å²) < 4.78 is 0. The Balaban J connectivity index is 2.19. The first-order valence-corrected chi connectivity index (χ1v) is 6.09. The number of aryl methyl sites for hydroxylation is 1. The minimum Gasteiger partial charge on any atom is -0.481 e. The second kappa shape index (κ2) is 7.79. The molecule has 0 aromatic carbocycles. The van der Waals surface area contributed by atoms with E-state index in [-0.39, 0.29) is 6.42 Å². The highest BCUT2D eigenvalue weighted by Crippen LogP contribution is 2.05. The molecule has 2 N–H and O–H groups in total. The van der Waals surface area contributed by atoms with Crippen LogP contribution >= 0.6 is 0 Å². The molecule has 0 amide bonds. The van der Waals surface area contributed by atoms with E-state index in [4.69, 9.17) is 5.11 Å². The van der Waals surface area contributed by atoms with Gasteiger partial charge in [-0.2, -0.15) is 0 Å². The van der Waals surface area contributed by atoms with Crippen LogP contribution < -0.4 is 5.32 Å². The van der Waals surface area contributed by atoms with Crippen molar-refractivity contribution in [1.82, 2.24) is 10.3 Å². The third-order valence-electron chi connectivity index (χ3n) is 2.65. The quantitative estimate of drug-likeness (QED) is 0.678. The Labute approximate surface area is 102 Å². The zero-order valence-electron chi connectivity index (χ0n) is 10.3. The summed E-state index contributed by atoms with van der Waals surface area (Å²) in [5.74, 6) is -0.719. The average molecular weight is 236 g/mol. The number of unbranched alkanes of at least 4 members (excludes halogenated alkanes) is 1. The van der Waals surface area contributed by atoms with Crippen LogP contribution in [0.25, 0.3) is 0 Å². The Bertz CT molecular complexity index is 353. The number of carboxylic acids is 1. The molecule has 0 atom stereocenters. The first-order chi connectivity index (χ1) is 8.24. The van der Waals surface area contributed by atoms with Crippen LogP contribution in [0, 0.1) is 0 Å². The third kappa shape index (κ3) is 5.45. The summed E-state index contributed by atoms with van der Waals surface area (Å²) in [6, 6.07) is 4.05. The average Bonchev–Trinajstić information content (AvgIpc) is 2.33. The van der Waals surface area contributed by atoms with Gasteiger partial charge in [0.05, 0.1) is 5.69 Å². The summed E-state index contributed by atoms with van der Waals surface area (Å²) >= 11 is 0. The summed E-state index contributed by atoms with van der Waals surface area (Å²) in [4.78, 5) is 14.6. The number of aliphatic carboxylic acids is 1. The molecule has 0 aliphatic rings. The number of carbonyl (C=O) groups is 1. The highest BCUT2D eigenvalue weighted by atomic mass is 16.4. The maximum absolute atomic E-state index is 10.3. The van der Waals surface area contributed by atoms with Crippen molar-refractivity contribution in [3.63, 3.8) is 0 Å². The highest BCUT2D eigenvalue weighted by Gasteiger charge is 2.00. The molecule has 17 heavy (non-hydrogen) atoms. The minimum absolute atomic E-state index is 0.255. The number of aromatic nitrogens is 1. The summed E-state index contributed by atoms with van der Waals surface area (Å²) in [5.41, 5.74) is 2.36. The van der Waals surface area contributed by atoms with Gasteiger partial charge in [-0.05, 0) is 37.4 Å². The second-order valence-corrected chi connectivity index (χ2v) is 3.99. The zero-order chi connectivity index (χ0) is 12.5. The summed E-state index contributed by atoms with van der Waals surface area (Å²) in [6.45, 7) is 3.72. The number of carboxylic acid groups (broad SMARTS) is 1. The fourth-order valence-corrected chi connectivity index (χ4v) is 1.69. The maximum atomic E-state index is 10.3. The van der Waals surface area contributed by atoms with E-state index in [2.05, 4.69) is 23.3 Å². The lowest BCUT2D eigenvalue weighted by Crippen LogP contribution is -2.17. The van der Waals surface area contributed by atoms with E-state index in [0.717, 1.165) is 38.0 Å². The Kier molecular flexibility index (Phi) is 6.25. The summed E-state index contributed by atoms with van der Waals surface area (Å²) in [5, 5.41) is 11.8. The predicted molar refractivity (Wildman–Crippen MR) is 66.8 cm³/mol. The molecule has 1 aromatic rings. The minimum atomic E-state index is -0.719. The van der Waals surface area contributed by atoms with Crippen molar-refractivity contribution in [1.29, 1.82) is 0 Å². The van der Waals surface area contributed by atoms with Crippen LogP contribution in [0.5, 0.6) is 0 Å². The van der Waals surface area contributed by atoms with Crippen LogP contribution in [0.3, 0.4) is 0 Å². The number of pyridine rings is 1. The van der Waals surface area contributed by atoms with Crippen molar-refractivity contribution in [2.24, 2.45) is 0 Å². The molecule has 0 aliphatic carbocycles. The van der Waals surface area contributed by atoms with E-state index in [1.54, 1.807) is 6.20 Å². The molecule has 4 nitrogen and oxygen atoms in total. The number of hydrogen-bond donors (Lipinski definition) is 2. The van der Waals surface area contributed by atoms with E-state index in [1.807, 2.05) is 6.07 Å². The third-order valence-corrected chi connectivity index (χ3v) is 2.65. The molecule has 0 aliphatic heterocycles. The van der Waals surface area contributed by atoms with Crippen molar-refractivity contribution >= 4 is 5.97 Å². The van der Waals surface area contributed by atoms with Crippen molar-refractivity contribution in [2.75, 3.05) is 6.54 Å². The molecule has 0 saturated heterocycles. The predicted octanol–water partition coefficient (Wildman–Crippen LogP) is 1.99. The van der Waals surface area contributed by atoms with E-state index in [9.17, 15) is 4.79 Å². The first kappa shape index (κ1) is 13.6. The molecule has 0 spiro atoms. The Morgan fingerprint density at radius 3 is 3.00 bits per heavy atom. The first-order valence-electron chi connectivity index (χ1n) is 6.09. The van der Waals surface area contributed by atoms with Crippen LogP contribution in [0.15, 0.2) is 18.3 Å². The monoisotopic (exact) mass is 236 g/mol. The molecule has 0 radical (unpaired) electrons. The lowest BCUT2D eigenvalue weighted by Gasteiger charge is -2.07. The normalized spacial score (nSPS) is 10.4. The molecular formula is C13H20N2O2. The summed E-state index contributed by atoms with van der Waals surface area (Å²) in [7, 11) is 0. The molecule has 0 saturated carbocycles. The van der Waals surface area contributed by atoms with Gasteiger partial charge in [-0.15, -0.1) is 0 Å². The molecule has 4 heteroatoms. The van der Waals surface area contributed by atoms with Gasteiger partial charge in [-0.25, -0.2) is 0 Å². The fraction of sp³-hybridized carbons (Fsp3) is 0.538. The van der Waals surface area contributed by atoms with Crippen molar-refractivity contribution in [3.05, 3.63) is 29.6 Å². The van der Waals surface area contributed by atoms with E-state index in [1.165, 1.54) is 5.56 Å². The zero-order valence-corrected chi connectivity index (χ0v) is 10.3. The van der Waals surface area contributed by atoms with E-state index < -0.39 is 5.97 Å². The summed E-state index contributed by atoms with van der Waals surface area (Å²) in [6.07, 6.45) is 4.67. The Hall–Kier alpha value is -1.42. The fourth-order valence-electron chi connectivity index (χ4n) is 1.69. The molecule has 1 heterocycles. The van der Waals surface area contributed by atoms with Crippen LogP contribution in [-0.2, 0) is 17.8 Å². The van der Waals surface area contributed by atoms with Gasteiger partial charge in [0.15, 0.2) is 0 Å². The van der Waals surface area contributed by atoms with Crippen LogP contribution in [-0.4, -0.2) is 22.6 Å². The van der Waals surface area contributed by atoms with E-state index >= 15 is 0 Å². The molecule has 1 rings (SSSR count). The lowest BCUT2D eigenvalue weighted by molar-refractivity contribution is -0.137. The van der Waals surface area contributed by atoms with Crippen molar-refractivity contribution in [2.45, 2.75) is 39.2 Å². The van der Waals surface area contributed by atoms with Crippen LogP contribution in [0.2, 0.25) is 0 Å². The maximum Gasteiger partial charge on any atom is 0.303 e. The molecule has 0 fully saturated rings. The second-order valence-electron chi connectivity index (χ2n) is 3.99. The number of rotatable bonds is 8. The topological polar surface area (TPSA) is 62.2 Å². The SMILES string of the molecule is CCc1cccnc1CNCCCCC(=O)O. The van der Waals surface area contributed by atoms with Gasteiger partial charge in [0.2, 0.25) is 0 Å². The smallest absolute Gasteiger partial charge is 0.303 e. The van der Waals surface area contributed by atoms with Gasteiger partial charge in [0.1, 0.15) is 0 Å². The number of hydrogen-bond acceptors (Lipinski definition) is 3. The largest absolute Gasteiger partial charge is 0.481 e. The molecule has 0 unspecified atom stereocenters. The van der Waals surface area contributed by atoms with Gasteiger partial charge in [0.25, 0.3) is 0 Å². The van der Waals surface area contributed by atoms with Gasteiger partial charge in [-0.3, -0.25) is 9.78 Å². The number of nitrogens with zero attached hydrogens (tertiary/aromatic N) is 1. The van der Waals surface area contributed by atoms with Crippen LogP contribution in [0.4, 0.5) is 0 Å². The molecule has 1 aromatic heterocycles. The van der Waals surface area contributed by atoms with Gasteiger partial charge < -0.3 is 10.4 Å². The van der Waals surface area contributed by atoms with Crippen molar-refractivity contribution in [3.8, 4) is 0 Å². The standard InChI is InChI=1S/C13H20N2O2/c1-2-11-6-5-9-15-12(11)10-14-8-4-3-7-13(16)17/h5-6,9,14H,2-4,7-8,10H2,1H3,(H,16,17). The van der Waals surface area contributed by atoms with Gasteiger partial charge in [-0.1, -0.05) is 13.0 Å². The van der Waals surface area contributed by atoms with Gasteiger partial charge >= 0.3 is 5.97 Å². The molecule has 0 bridgehead atoms. The Morgan fingerprint density at radius 1 is 1.47 bits per heavy atom. The van der Waals surface area contributed by atoms with Crippen LogP contribution in [0.1, 0.15) is 37.4 Å². The van der Waals surface area contributed by atoms with Gasteiger partial charge in [0, 0.05) is 19.2 Å². The highest BCUT2D eigenvalue weighted by molar-refractivity contribution is 5.66. The lowest BCUT2D eigenvalue weighted by atomic mass is 10.1. The number of nitrogens with one attached hydrogen (secondary N) is 1.